The lowest BCUT2D eigenvalue weighted by Gasteiger charge is -2.19. The molecule has 114 valence electrons. The molecule has 0 radical (unpaired) electrons. The van der Waals surface area contributed by atoms with Crippen molar-refractivity contribution in [3.05, 3.63) is 29.8 Å². The zero-order chi connectivity index (χ0) is 15.9. The number of rotatable bonds is 3. The maximum absolute atomic E-state index is 11.4. The van der Waals surface area contributed by atoms with Crippen molar-refractivity contribution in [1.29, 1.82) is 0 Å². The number of nitrogens with zero attached hydrogens (tertiary/aromatic N) is 1. The molecule has 1 aromatic carbocycles. The van der Waals surface area contributed by atoms with Crippen molar-refractivity contribution < 1.29 is 9.53 Å². The lowest BCUT2D eigenvalue weighted by molar-refractivity contribution is 0.0529. The van der Waals surface area contributed by atoms with E-state index in [9.17, 15) is 4.79 Å². The topological polar surface area (TPSA) is 41.6 Å². The van der Waals surface area contributed by atoms with Crippen LogP contribution in [0.15, 0.2) is 24.3 Å². The van der Waals surface area contributed by atoms with Crippen LogP contribution in [0.2, 0.25) is 0 Å². The number of carbonyl (C=O) groups is 1. The molecule has 4 nitrogen and oxygen atoms in total. The van der Waals surface area contributed by atoms with Gasteiger partial charge in [-0.05, 0) is 32.9 Å². The highest BCUT2D eigenvalue weighted by molar-refractivity contribution is 5.67. The van der Waals surface area contributed by atoms with Gasteiger partial charge in [0.25, 0.3) is 0 Å². The van der Waals surface area contributed by atoms with E-state index in [4.69, 9.17) is 4.74 Å². The molecule has 0 aromatic heterocycles. The van der Waals surface area contributed by atoms with Gasteiger partial charge in [-0.15, -0.1) is 0 Å². The minimum Gasteiger partial charge on any atom is -0.444 e. The number of hydrogen-bond acceptors (Lipinski definition) is 3. The summed E-state index contributed by atoms with van der Waals surface area (Å²) in [6.45, 7) is 5.99. The third-order valence-corrected chi connectivity index (χ3v) is 2.53. The first kappa shape index (κ1) is 16.9. The molecule has 0 spiro atoms. The van der Waals surface area contributed by atoms with E-state index in [1.807, 2.05) is 64.0 Å². The first-order chi connectivity index (χ1) is 9.79. The number of ether oxygens (including phenoxy) is 1. The van der Waals surface area contributed by atoms with Crippen molar-refractivity contribution >= 4 is 11.8 Å². The van der Waals surface area contributed by atoms with E-state index in [2.05, 4.69) is 17.2 Å². The first-order valence-corrected chi connectivity index (χ1v) is 7.01. The van der Waals surface area contributed by atoms with Crippen molar-refractivity contribution in [2.24, 2.45) is 0 Å². The fourth-order valence-corrected chi connectivity index (χ4v) is 1.67. The molecule has 0 saturated carbocycles. The van der Waals surface area contributed by atoms with Crippen molar-refractivity contribution in [1.82, 2.24) is 5.32 Å². The molecule has 0 atom stereocenters. The molecule has 0 aliphatic heterocycles. The van der Waals surface area contributed by atoms with Crippen molar-refractivity contribution in [2.75, 3.05) is 25.5 Å². The number of benzene rings is 1. The van der Waals surface area contributed by atoms with Crippen LogP contribution in [0, 0.1) is 11.8 Å². The summed E-state index contributed by atoms with van der Waals surface area (Å²) in [5, 5.41) is 2.69. The molecule has 1 amide bonds. The van der Waals surface area contributed by atoms with Gasteiger partial charge in [-0.3, -0.25) is 0 Å². The van der Waals surface area contributed by atoms with Gasteiger partial charge in [-0.25, -0.2) is 4.79 Å². The number of anilines is 1. The lowest BCUT2D eigenvalue weighted by Crippen LogP contribution is -2.32. The second kappa shape index (κ2) is 7.58. The minimum atomic E-state index is -0.472. The molecule has 0 fully saturated rings. The number of nitrogens with one attached hydrogen (secondary N) is 1. The fourth-order valence-electron chi connectivity index (χ4n) is 1.67. The molecule has 4 heteroatoms. The Morgan fingerprint density at radius 2 is 1.95 bits per heavy atom. The Morgan fingerprint density at radius 1 is 1.29 bits per heavy atom. The maximum atomic E-state index is 11.4. The van der Waals surface area contributed by atoms with Crippen LogP contribution < -0.4 is 10.2 Å². The van der Waals surface area contributed by atoms with Crippen LogP contribution in [0.4, 0.5) is 10.5 Å². The molecule has 0 bridgehead atoms. The Hall–Kier alpha value is -2.15. The highest BCUT2D eigenvalue weighted by Gasteiger charge is 2.15. The Kier molecular flexibility index (Phi) is 6.10. The van der Waals surface area contributed by atoms with Crippen LogP contribution >= 0.6 is 0 Å². The molecule has 1 rings (SSSR count). The SMILES string of the molecule is CN(C)c1ccccc1C#CCCNC(=O)OC(C)(C)C. The molecule has 1 N–H and O–H groups in total. The molecule has 0 aliphatic rings. The summed E-state index contributed by atoms with van der Waals surface area (Å²) < 4.78 is 5.15. The first-order valence-electron chi connectivity index (χ1n) is 7.01. The van der Waals surface area contributed by atoms with E-state index in [0.717, 1.165) is 11.3 Å². The van der Waals surface area contributed by atoms with E-state index in [1.54, 1.807) is 0 Å². The Bertz CT molecular complexity index is 534. The van der Waals surface area contributed by atoms with Crippen LogP contribution in [0.25, 0.3) is 0 Å². The summed E-state index contributed by atoms with van der Waals surface area (Å²) in [4.78, 5) is 13.5. The molecule has 21 heavy (non-hydrogen) atoms. The monoisotopic (exact) mass is 288 g/mol. The van der Waals surface area contributed by atoms with Gasteiger partial charge in [0.1, 0.15) is 5.60 Å². The Morgan fingerprint density at radius 3 is 2.57 bits per heavy atom. The molecule has 1 aromatic rings. The van der Waals surface area contributed by atoms with Crippen molar-refractivity contribution in [3.8, 4) is 11.8 Å². The van der Waals surface area contributed by atoms with Gasteiger partial charge in [-0.2, -0.15) is 0 Å². The Labute approximate surface area is 127 Å². The van der Waals surface area contributed by atoms with Gasteiger partial charge >= 0.3 is 6.09 Å². The second-order valence-electron chi connectivity index (χ2n) is 5.89. The van der Waals surface area contributed by atoms with Crippen molar-refractivity contribution in [2.45, 2.75) is 32.8 Å². The van der Waals surface area contributed by atoms with Crippen LogP contribution in [-0.2, 0) is 4.74 Å². The number of amides is 1. The smallest absolute Gasteiger partial charge is 0.407 e. The molecule has 0 saturated heterocycles. The second-order valence-corrected chi connectivity index (χ2v) is 5.89. The average Bonchev–Trinajstić information content (AvgIpc) is 2.36. The van der Waals surface area contributed by atoms with Gasteiger partial charge in [0, 0.05) is 32.6 Å². The van der Waals surface area contributed by atoms with Crippen molar-refractivity contribution in [3.63, 3.8) is 0 Å². The normalized spacial score (nSPS) is 10.3. The van der Waals surface area contributed by atoms with Crippen LogP contribution in [-0.4, -0.2) is 32.3 Å². The summed E-state index contributed by atoms with van der Waals surface area (Å²) >= 11 is 0. The van der Waals surface area contributed by atoms with Gasteiger partial charge in [0.2, 0.25) is 0 Å². The van der Waals surface area contributed by atoms with E-state index in [0.29, 0.717) is 13.0 Å². The number of alkyl carbamates (subject to hydrolysis) is 1. The van der Waals surface area contributed by atoms with Gasteiger partial charge in [0.05, 0.1) is 5.69 Å². The van der Waals surface area contributed by atoms with Gasteiger partial charge in [-0.1, -0.05) is 24.0 Å². The van der Waals surface area contributed by atoms with Crippen LogP contribution in [0.1, 0.15) is 32.8 Å². The number of hydrogen-bond donors (Lipinski definition) is 1. The maximum Gasteiger partial charge on any atom is 0.407 e. The molecule has 0 heterocycles. The van der Waals surface area contributed by atoms with E-state index in [-0.39, 0.29) is 0 Å². The zero-order valence-corrected chi connectivity index (χ0v) is 13.5. The molecular formula is C17H24N2O2. The standard InChI is InChI=1S/C17H24N2O2/c1-17(2,3)21-16(20)18-13-9-8-11-14-10-6-7-12-15(14)19(4)5/h6-7,10,12H,9,13H2,1-5H3,(H,18,20). The predicted molar refractivity (Wildman–Crippen MR) is 86.5 cm³/mol. The number of para-hydroxylation sites is 1. The lowest BCUT2D eigenvalue weighted by atomic mass is 10.1. The summed E-state index contributed by atoms with van der Waals surface area (Å²) in [5.41, 5.74) is 1.60. The number of carbonyl (C=O) groups excluding carboxylic acids is 1. The van der Waals surface area contributed by atoms with Crippen LogP contribution in [0.5, 0.6) is 0 Å². The molecule has 0 aliphatic carbocycles. The van der Waals surface area contributed by atoms with E-state index >= 15 is 0 Å². The highest BCUT2D eigenvalue weighted by atomic mass is 16.6. The average molecular weight is 288 g/mol. The summed E-state index contributed by atoms with van der Waals surface area (Å²) in [7, 11) is 3.98. The Balaban J connectivity index is 2.46. The molecule has 0 unspecified atom stereocenters. The third-order valence-electron chi connectivity index (χ3n) is 2.53. The highest BCUT2D eigenvalue weighted by Crippen LogP contribution is 2.16. The van der Waals surface area contributed by atoms with E-state index < -0.39 is 11.7 Å². The summed E-state index contributed by atoms with van der Waals surface area (Å²) in [6.07, 6.45) is 0.180. The largest absolute Gasteiger partial charge is 0.444 e. The quantitative estimate of drug-likeness (QED) is 0.686. The van der Waals surface area contributed by atoms with Gasteiger partial charge in [0.15, 0.2) is 0 Å². The fraction of sp³-hybridized carbons (Fsp3) is 0.471. The summed E-state index contributed by atoms with van der Waals surface area (Å²) in [5.74, 6) is 6.20. The minimum absolute atomic E-state index is 0.405. The van der Waals surface area contributed by atoms with E-state index in [1.165, 1.54) is 0 Å². The summed E-state index contributed by atoms with van der Waals surface area (Å²) in [6, 6.07) is 7.98. The molecular weight excluding hydrogens is 264 g/mol. The third kappa shape index (κ3) is 6.71. The van der Waals surface area contributed by atoms with Gasteiger partial charge < -0.3 is 15.0 Å². The zero-order valence-electron chi connectivity index (χ0n) is 13.5. The predicted octanol–water partition coefficient (Wildman–Crippen LogP) is 3.02. The van der Waals surface area contributed by atoms with Crippen LogP contribution in [0.3, 0.4) is 0 Å².